The topological polar surface area (TPSA) is 34.6 Å². The molecule has 0 bridgehead atoms. The highest BCUT2D eigenvalue weighted by atomic mass is 15.2. The van der Waals surface area contributed by atoms with Crippen molar-refractivity contribution >= 4 is 11.0 Å². The fourth-order valence-electron chi connectivity index (χ4n) is 5.89. The number of nitrogens with zero attached hydrogens (tertiary/aromatic N) is 4. The van der Waals surface area contributed by atoms with Crippen molar-refractivity contribution in [2.75, 3.05) is 0 Å². The molecule has 4 heteroatoms. The maximum atomic E-state index is 9.44. The summed E-state index contributed by atoms with van der Waals surface area (Å²) < 4.78 is 23.4. The van der Waals surface area contributed by atoms with Gasteiger partial charge >= 0.3 is 0 Å². The van der Waals surface area contributed by atoms with Crippen LogP contribution in [0.2, 0.25) is 0 Å². The number of fused-ring (bicyclic) bond motifs is 1. The Morgan fingerprint density at radius 1 is 0.784 bits per heavy atom. The summed E-state index contributed by atoms with van der Waals surface area (Å²) in [5, 5.41) is 0. The van der Waals surface area contributed by atoms with Crippen LogP contribution >= 0.6 is 0 Å². The molecule has 0 saturated carbocycles. The minimum absolute atomic E-state index is 0.622. The Hall–Kier alpha value is -3.79. The lowest BCUT2D eigenvalue weighted by Gasteiger charge is -2.26. The Morgan fingerprint density at radius 3 is 1.95 bits per heavy atom. The van der Waals surface area contributed by atoms with Crippen LogP contribution in [0.4, 0.5) is 0 Å². The predicted octanol–water partition coefficient (Wildman–Crippen LogP) is 7.75. The molecule has 0 aliphatic heterocycles. The highest BCUT2D eigenvalue weighted by Gasteiger charge is 2.34. The number of rotatable bonds is 5. The van der Waals surface area contributed by atoms with E-state index in [1.165, 1.54) is 5.56 Å². The standard InChI is InChI=1S/C33H37N4/c1-20(2)28-23(6)30(32-34-18-13-19-35-32)24(7)29(21(3)4)31(28)37-27-17-12-11-16-26(27)36(8)33(37)25-15-10-9-14-22(25)5/h9-21H,1-8H3/q+1/i20D,21D. The molecule has 37 heavy (non-hydrogen) atoms. The van der Waals surface area contributed by atoms with Gasteiger partial charge in [-0.1, -0.05) is 58.0 Å². The molecule has 0 amide bonds. The van der Waals surface area contributed by atoms with Crippen LogP contribution in [-0.4, -0.2) is 14.5 Å². The van der Waals surface area contributed by atoms with Gasteiger partial charge in [-0.15, -0.1) is 0 Å². The molecule has 0 fully saturated rings. The number of aryl methyl sites for hydroxylation is 2. The molecule has 0 N–H and O–H groups in total. The summed E-state index contributed by atoms with van der Waals surface area (Å²) in [4.78, 5) is 9.21. The molecule has 5 aromatic rings. The number of aromatic nitrogens is 4. The highest BCUT2D eigenvalue weighted by Crippen LogP contribution is 2.44. The van der Waals surface area contributed by atoms with Crippen molar-refractivity contribution in [1.82, 2.24) is 14.5 Å². The third-order valence-electron chi connectivity index (χ3n) is 7.39. The maximum Gasteiger partial charge on any atom is 0.295 e. The lowest BCUT2D eigenvalue weighted by Crippen LogP contribution is -2.30. The summed E-state index contributed by atoms with van der Waals surface area (Å²) in [6.07, 6.45) is 3.50. The third kappa shape index (κ3) is 3.96. The predicted molar refractivity (Wildman–Crippen MR) is 153 cm³/mol. The van der Waals surface area contributed by atoms with Crippen molar-refractivity contribution in [3.05, 3.63) is 94.8 Å². The minimum Gasteiger partial charge on any atom is -0.237 e. The van der Waals surface area contributed by atoms with E-state index in [1.807, 2.05) is 33.8 Å². The number of hydrogen-bond donors (Lipinski definition) is 0. The Bertz CT molecular complexity index is 1660. The molecule has 0 aliphatic rings. The maximum absolute atomic E-state index is 9.44. The zero-order chi connectivity index (χ0) is 28.3. The SMILES string of the molecule is [2H]C(C)(C)c1c(C)c(-c2ncccn2)c(C)c(C([2H])(C)C)c1-n1c(-c2ccccc2C)[n+](C)c2ccccc21. The van der Waals surface area contributed by atoms with Crippen molar-refractivity contribution in [2.24, 2.45) is 7.05 Å². The van der Waals surface area contributed by atoms with Crippen molar-refractivity contribution in [3.63, 3.8) is 0 Å². The molecule has 0 unspecified atom stereocenters. The first-order valence-corrected chi connectivity index (χ1v) is 12.9. The molecule has 0 saturated heterocycles. The fraction of sp³-hybridized carbons (Fsp3) is 0.303. The van der Waals surface area contributed by atoms with Crippen molar-refractivity contribution in [3.8, 4) is 28.5 Å². The van der Waals surface area contributed by atoms with E-state index < -0.39 is 11.8 Å². The summed E-state index contributed by atoms with van der Waals surface area (Å²) in [6.45, 7) is 14.0. The normalized spacial score (nSPS) is 13.1. The van der Waals surface area contributed by atoms with Gasteiger partial charge in [-0.2, -0.15) is 4.57 Å². The van der Waals surface area contributed by atoms with Crippen LogP contribution < -0.4 is 4.57 Å². The first-order valence-electron chi connectivity index (χ1n) is 13.9. The van der Waals surface area contributed by atoms with Crippen LogP contribution in [0.5, 0.6) is 0 Å². The van der Waals surface area contributed by atoms with Gasteiger partial charge in [0.05, 0.1) is 12.6 Å². The molecule has 4 nitrogen and oxygen atoms in total. The summed E-state index contributed by atoms with van der Waals surface area (Å²) in [6, 6.07) is 18.6. The summed E-state index contributed by atoms with van der Waals surface area (Å²) in [5.74, 6) is -0.294. The smallest absolute Gasteiger partial charge is 0.237 e. The number of hydrogen-bond acceptors (Lipinski definition) is 2. The molecule has 0 atom stereocenters. The minimum atomic E-state index is -0.969. The van der Waals surface area contributed by atoms with E-state index in [1.54, 1.807) is 12.4 Å². The van der Waals surface area contributed by atoms with E-state index >= 15 is 0 Å². The van der Waals surface area contributed by atoms with Gasteiger partial charge in [0.15, 0.2) is 16.9 Å². The van der Waals surface area contributed by atoms with Gasteiger partial charge in [0.1, 0.15) is 5.69 Å². The van der Waals surface area contributed by atoms with Gasteiger partial charge in [-0.3, -0.25) is 0 Å². The zero-order valence-corrected chi connectivity index (χ0v) is 23.1. The van der Waals surface area contributed by atoms with E-state index in [0.29, 0.717) is 5.82 Å². The Morgan fingerprint density at radius 2 is 1.35 bits per heavy atom. The van der Waals surface area contributed by atoms with E-state index in [9.17, 15) is 2.74 Å². The number of para-hydroxylation sites is 2. The van der Waals surface area contributed by atoms with Crippen LogP contribution in [0, 0.1) is 20.8 Å². The summed E-state index contributed by atoms with van der Waals surface area (Å²) in [7, 11) is 2.10. The monoisotopic (exact) mass is 491 g/mol. The largest absolute Gasteiger partial charge is 0.295 e. The van der Waals surface area contributed by atoms with Crippen LogP contribution in [0.3, 0.4) is 0 Å². The molecule has 0 spiro atoms. The Kier molecular flexibility index (Phi) is 5.81. The highest BCUT2D eigenvalue weighted by molar-refractivity contribution is 5.83. The zero-order valence-electron chi connectivity index (χ0n) is 25.1. The van der Waals surface area contributed by atoms with Gasteiger partial charge < -0.3 is 0 Å². The van der Waals surface area contributed by atoms with E-state index in [0.717, 1.165) is 55.9 Å². The van der Waals surface area contributed by atoms with Crippen molar-refractivity contribution in [2.45, 2.75) is 60.3 Å². The van der Waals surface area contributed by atoms with Gasteiger partial charge in [-0.25, -0.2) is 14.5 Å². The second-order valence-corrected chi connectivity index (χ2v) is 10.3. The second kappa shape index (κ2) is 9.59. The molecule has 2 heterocycles. The molecule has 5 rings (SSSR count). The Balaban J connectivity index is 2.09. The fourth-order valence-corrected chi connectivity index (χ4v) is 5.89. The third-order valence-corrected chi connectivity index (χ3v) is 7.39. The van der Waals surface area contributed by atoms with Crippen LogP contribution in [0.15, 0.2) is 67.0 Å². The molecule has 3 aromatic carbocycles. The van der Waals surface area contributed by atoms with Gasteiger partial charge in [-0.05, 0) is 73.5 Å². The van der Waals surface area contributed by atoms with Gasteiger partial charge in [0.25, 0.3) is 5.82 Å². The lowest BCUT2D eigenvalue weighted by atomic mass is 9.82. The molecule has 0 radical (unpaired) electrons. The quantitative estimate of drug-likeness (QED) is 0.236. The van der Waals surface area contributed by atoms with E-state index in [4.69, 9.17) is 0 Å². The summed E-state index contributed by atoms with van der Waals surface area (Å²) in [5.41, 5.74) is 9.91. The van der Waals surface area contributed by atoms with Gasteiger partial charge in [0.2, 0.25) is 0 Å². The second-order valence-electron chi connectivity index (χ2n) is 10.3. The first-order chi connectivity index (χ1) is 18.3. The van der Waals surface area contributed by atoms with E-state index in [-0.39, 0.29) is 0 Å². The van der Waals surface area contributed by atoms with Crippen LogP contribution in [0.1, 0.15) is 70.0 Å². The molecular formula is C33H37N4+. The van der Waals surface area contributed by atoms with Gasteiger partial charge in [0, 0.05) is 31.8 Å². The number of benzene rings is 3. The summed E-state index contributed by atoms with van der Waals surface area (Å²) >= 11 is 0. The average Bonchev–Trinajstić information content (AvgIpc) is 3.15. The van der Waals surface area contributed by atoms with Crippen LogP contribution in [0.25, 0.3) is 39.5 Å². The lowest BCUT2D eigenvalue weighted by molar-refractivity contribution is -0.633. The van der Waals surface area contributed by atoms with Crippen LogP contribution in [-0.2, 0) is 7.05 Å². The van der Waals surface area contributed by atoms with Crippen molar-refractivity contribution < 1.29 is 7.31 Å². The number of imidazole rings is 1. The average molecular weight is 492 g/mol. The Labute approximate surface area is 223 Å². The first kappa shape index (κ1) is 22.4. The molecular weight excluding hydrogens is 452 g/mol. The van der Waals surface area contributed by atoms with E-state index in [2.05, 4.69) is 95.5 Å². The molecule has 2 aromatic heterocycles. The van der Waals surface area contributed by atoms with Crippen molar-refractivity contribution in [1.29, 1.82) is 0 Å². The molecule has 188 valence electrons. The molecule has 0 aliphatic carbocycles.